The summed E-state index contributed by atoms with van der Waals surface area (Å²) in [5.41, 5.74) is -0.0230. The Labute approximate surface area is 155 Å². The zero-order valence-corrected chi connectivity index (χ0v) is 16.0. The Morgan fingerprint density at radius 2 is 1.84 bits per heavy atom. The highest BCUT2D eigenvalue weighted by molar-refractivity contribution is 7.90. The molecule has 1 aromatic carbocycles. The van der Waals surface area contributed by atoms with Gasteiger partial charge in [0.15, 0.2) is 27.2 Å². The van der Waals surface area contributed by atoms with Crippen molar-refractivity contribution in [2.75, 3.05) is 13.4 Å². The molecule has 1 fully saturated rings. The number of ketones is 2. The van der Waals surface area contributed by atoms with E-state index in [1.807, 2.05) is 0 Å². The minimum atomic E-state index is -3.59. The number of methoxy groups -OCH3 is 1. The average Bonchev–Trinajstić information content (AvgIpc) is 2.99. The van der Waals surface area contributed by atoms with Crippen LogP contribution in [0.4, 0.5) is 0 Å². The molecule has 0 saturated heterocycles. The fraction of sp³-hybridized carbons (Fsp3) is 0.412. The van der Waals surface area contributed by atoms with E-state index in [-0.39, 0.29) is 49.5 Å². The van der Waals surface area contributed by atoms with Gasteiger partial charge in [0.25, 0.3) is 0 Å². The highest BCUT2D eigenvalue weighted by atomic mass is 35.5. The van der Waals surface area contributed by atoms with Gasteiger partial charge in [-0.05, 0) is 37.3 Å². The van der Waals surface area contributed by atoms with Crippen LogP contribution in [0.3, 0.4) is 0 Å². The molecular formula is C17H16Cl2O5S. The van der Waals surface area contributed by atoms with Gasteiger partial charge in [-0.3, -0.25) is 9.59 Å². The predicted molar refractivity (Wildman–Crippen MR) is 94.2 cm³/mol. The third-order valence-electron chi connectivity index (χ3n) is 4.78. The topological polar surface area (TPSA) is 77.5 Å². The third kappa shape index (κ3) is 3.00. The van der Waals surface area contributed by atoms with Crippen LogP contribution >= 0.6 is 23.2 Å². The van der Waals surface area contributed by atoms with Gasteiger partial charge >= 0.3 is 0 Å². The van der Waals surface area contributed by atoms with Gasteiger partial charge in [-0.2, -0.15) is 0 Å². The number of allylic oxidation sites excluding steroid dienone is 2. The second kappa shape index (κ2) is 6.41. The molecule has 3 rings (SSSR count). The summed E-state index contributed by atoms with van der Waals surface area (Å²) in [5.74, 6) is -1.11. The lowest BCUT2D eigenvalue weighted by Gasteiger charge is -2.21. The zero-order chi connectivity index (χ0) is 18.5. The lowest BCUT2D eigenvalue weighted by Crippen LogP contribution is -2.26. The summed E-state index contributed by atoms with van der Waals surface area (Å²) in [6, 6.07) is 2.55. The summed E-state index contributed by atoms with van der Waals surface area (Å²) >= 11 is 12.5. The summed E-state index contributed by atoms with van der Waals surface area (Å²) in [4.78, 5) is 25.4. The fourth-order valence-electron chi connectivity index (χ4n) is 3.53. The van der Waals surface area contributed by atoms with Crippen molar-refractivity contribution < 1.29 is 22.7 Å². The van der Waals surface area contributed by atoms with Gasteiger partial charge in [-0.15, -0.1) is 0 Å². The smallest absolute Gasteiger partial charge is 0.199 e. The van der Waals surface area contributed by atoms with Crippen molar-refractivity contribution in [3.8, 4) is 5.75 Å². The summed E-state index contributed by atoms with van der Waals surface area (Å²) in [7, 11) is -2.32. The van der Waals surface area contributed by atoms with E-state index in [0.29, 0.717) is 6.42 Å². The van der Waals surface area contributed by atoms with E-state index in [2.05, 4.69) is 0 Å². The van der Waals surface area contributed by atoms with Crippen LogP contribution in [-0.4, -0.2) is 33.3 Å². The molecule has 134 valence electrons. The molecule has 2 aliphatic rings. The van der Waals surface area contributed by atoms with Crippen molar-refractivity contribution >= 4 is 44.6 Å². The molecule has 2 aliphatic carbocycles. The van der Waals surface area contributed by atoms with Crippen LogP contribution in [-0.2, 0) is 14.6 Å². The minimum Gasteiger partial charge on any atom is -0.494 e. The molecule has 0 aliphatic heterocycles. The van der Waals surface area contributed by atoms with Gasteiger partial charge in [0.2, 0.25) is 0 Å². The molecule has 8 heteroatoms. The van der Waals surface area contributed by atoms with Crippen LogP contribution in [0.1, 0.15) is 29.6 Å². The Bertz CT molecular complexity index is 917. The number of halogens is 2. The van der Waals surface area contributed by atoms with E-state index in [1.54, 1.807) is 0 Å². The van der Waals surface area contributed by atoms with Gasteiger partial charge in [0.1, 0.15) is 4.90 Å². The number of hydrogen-bond acceptors (Lipinski definition) is 5. The molecule has 0 N–H and O–H groups in total. The maximum atomic E-state index is 12.9. The summed E-state index contributed by atoms with van der Waals surface area (Å²) in [6.07, 6.45) is 3.21. The second-order valence-electron chi connectivity index (χ2n) is 6.35. The van der Waals surface area contributed by atoms with Crippen LogP contribution in [0.15, 0.2) is 27.6 Å². The van der Waals surface area contributed by atoms with Crippen LogP contribution < -0.4 is 4.74 Å². The molecule has 2 bridgehead atoms. The first-order valence-corrected chi connectivity index (χ1v) is 10.4. The van der Waals surface area contributed by atoms with E-state index in [0.717, 1.165) is 19.1 Å². The first kappa shape index (κ1) is 18.4. The lowest BCUT2D eigenvalue weighted by atomic mass is 9.84. The third-order valence-corrected chi connectivity index (χ3v) is 6.78. The number of benzene rings is 1. The first-order chi connectivity index (χ1) is 11.7. The van der Waals surface area contributed by atoms with Crippen LogP contribution in [0.5, 0.6) is 5.75 Å². The van der Waals surface area contributed by atoms with Gasteiger partial charge in [0, 0.05) is 22.8 Å². The van der Waals surface area contributed by atoms with E-state index in [9.17, 15) is 18.0 Å². The van der Waals surface area contributed by atoms with E-state index < -0.39 is 15.6 Å². The SMILES string of the molecule is COc1c(S(C)(=O)=O)ccc(C(=O)C2=C(Cl)C3CCC(C3)C2=O)c1Cl. The Balaban J connectivity index is 2.13. The predicted octanol–water partition coefficient (Wildman–Crippen LogP) is 3.43. The summed E-state index contributed by atoms with van der Waals surface area (Å²) in [5, 5.41) is 0.143. The maximum Gasteiger partial charge on any atom is 0.199 e. The number of rotatable bonds is 4. The largest absolute Gasteiger partial charge is 0.494 e. The molecule has 0 amide bonds. The van der Waals surface area contributed by atoms with Crippen LogP contribution in [0, 0.1) is 11.8 Å². The molecule has 0 spiro atoms. The molecule has 5 nitrogen and oxygen atoms in total. The second-order valence-corrected chi connectivity index (χ2v) is 9.12. The number of ether oxygens (including phenoxy) is 1. The average molecular weight is 403 g/mol. The molecular weight excluding hydrogens is 387 g/mol. The maximum absolute atomic E-state index is 12.9. The molecule has 1 aromatic rings. The molecule has 0 heterocycles. The van der Waals surface area contributed by atoms with Crippen molar-refractivity contribution in [3.63, 3.8) is 0 Å². The Kier molecular flexibility index (Phi) is 4.73. The quantitative estimate of drug-likeness (QED) is 0.569. The fourth-order valence-corrected chi connectivity index (χ4v) is 5.13. The van der Waals surface area contributed by atoms with Gasteiger partial charge in [0.05, 0.1) is 17.7 Å². The summed E-state index contributed by atoms with van der Waals surface area (Å²) < 4.78 is 28.8. The lowest BCUT2D eigenvalue weighted by molar-refractivity contribution is -0.119. The van der Waals surface area contributed by atoms with Gasteiger partial charge in [-0.25, -0.2) is 8.42 Å². The van der Waals surface area contributed by atoms with Crippen LogP contribution in [0.25, 0.3) is 0 Å². The molecule has 2 atom stereocenters. The van der Waals surface area contributed by atoms with Gasteiger partial charge in [-0.1, -0.05) is 23.2 Å². The number of Topliss-reactive ketones (excluding diaryl/α,β-unsaturated/α-hetero) is 2. The van der Waals surface area contributed by atoms with E-state index in [1.165, 1.54) is 19.2 Å². The highest BCUT2D eigenvalue weighted by Crippen LogP contribution is 2.46. The number of fused-ring (bicyclic) bond motifs is 2. The number of carbonyl (C=O) groups is 2. The molecule has 2 unspecified atom stereocenters. The molecule has 0 radical (unpaired) electrons. The van der Waals surface area contributed by atoms with Crippen molar-refractivity contribution in [1.29, 1.82) is 0 Å². The minimum absolute atomic E-state index is 0.00807. The summed E-state index contributed by atoms with van der Waals surface area (Å²) in [6.45, 7) is 0. The molecule has 25 heavy (non-hydrogen) atoms. The first-order valence-electron chi connectivity index (χ1n) is 7.72. The van der Waals surface area contributed by atoms with E-state index in [4.69, 9.17) is 27.9 Å². The monoisotopic (exact) mass is 402 g/mol. The van der Waals surface area contributed by atoms with Crippen molar-refractivity contribution in [1.82, 2.24) is 0 Å². The Hall–Kier alpha value is -1.37. The highest BCUT2D eigenvalue weighted by Gasteiger charge is 2.43. The van der Waals surface area contributed by atoms with Crippen molar-refractivity contribution in [3.05, 3.63) is 33.3 Å². The Morgan fingerprint density at radius 3 is 2.44 bits per heavy atom. The van der Waals surface area contributed by atoms with E-state index >= 15 is 0 Å². The van der Waals surface area contributed by atoms with Crippen LogP contribution in [0.2, 0.25) is 5.02 Å². The number of carbonyl (C=O) groups excluding carboxylic acids is 2. The molecule has 0 aromatic heterocycles. The zero-order valence-electron chi connectivity index (χ0n) is 13.6. The van der Waals surface area contributed by atoms with Gasteiger partial charge < -0.3 is 4.74 Å². The number of sulfone groups is 1. The van der Waals surface area contributed by atoms with Crippen molar-refractivity contribution in [2.24, 2.45) is 11.8 Å². The van der Waals surface area contributed by atoms with Crippen molar-refractivity contribution in [2.45, 2.75) is 24.2 Å². The Morgan fingerprint density at radius 1 is 1.20 bits per heavy atom. The molecule has 1 saturated carbocycles. The standard InChI is InChI=1S/C17H16Cl2O5S/c1-24-17-11(25(2,22)23)6-5-10(14(17)19)16(21)12-13(18)8-3-4-9(7-8)15(12)20/h5-6,8-9H,3-4,7H2,1-2H3. The number of hydrogen-bond donors (Lipinski definition) is 0. The normalized spacial score (nSPS) is 23.1.